The summed E-state index contributed by atoms with van der Waals surface area (Å²) in [6.45, 7) is 9.44. The Morgan fingerprint density at radius 1 is 1.35 bits per heavy atom. The molecule has 1 heterocycles. The molecule has 3 atom stereocenters. The van der Waals surface area contributed by atoms with Gasteiger partial charge in [-0.2, -0.15) is 0 Å². The molecule has 1 saturated heterocycles. The molecule has 1 aliphatic heterocycles. The van der Waals surface area contributed by atoms with Gasteiger partial charge in [0.2, 0.25) is 0 Å². The molecule has 2 aliphatic carbocycles. The number of rotatable bonds is 0. The first kappa shape index (κ1) is 11.3. The van der Waals surface area contributed by atoms with Crippen molar-refractivity contribution in [1.29, 1.82) is 0 Å². The summed E-state index contributed by atoms with van der Waals surface area (Å²) in [4.78, 5) is 12.3. The van der Waals surface area contributed by atoms with E-state index in [9.17, 15) is 4.79 Å². The maximum absolute atomic E-state index is 12.3. The van der Waals surface area contributed by atoms with Gasteiger partial charge in [0.05, 0.1) is 12.0 Å². The van der Waals surface area contributed by atoms with Gasteiger partial charge in [-0.3, -0.25) is 4.79 Å². The van der Waals surface area contributed by atoms with Gasteiger partial charge in [0, 0.05) is 5.92 Å². The predicted molar refractivity (Wildman–Crippen MR) is 66.4 cm³/mol. The third-order valence-corrected chi connectivity index (χ3v) is 5.61. The summed E-state index contributed by atoms with van der Waals surface area (Å²) in [5.41, 5.74) is 1.32. The van der Waals surface area contributed by atoms with Gasteiger partial charge in [0.25, 0.3) is 0 Å². The quantitative estimate of drug-likeness (QED) is 0.475. The normalized spacial score (nSPS) is 43.9. The Hall–Kier alpha value is -0.790. The van der Waals surface area contributed by atoms with Crippen molar-refractivity contribution in [3.8, 4) is 0 Å². The van der Waals surface area contributed by atoms with Gasteiger partial charge in [0.1, 0.15) is 0 Å². The number of carbonyl (C=O) groups excluding carboxylic acids is 1. The topological polar surface area (TPSA) is 26.3 Å². The molecule has 94 valence electrons. The van der Waals surface area contributed by atoms with Crippen LogP contribution >= 0.6 is 0 Å². The van der Waals surface area contributed by atoms with E-state index in [-0.39, 0.29) is 16.8 Å². The zero-order valence-corrected chi connectivity index (χ0v) is 10.9. The lowest BCUT2D eigenvalue weighted by Gasteiger charge is -2.54. The average Bonchev–Trinajstić information content (AvgIpc) is 2.57. The van der Waals surface area contributed by atoms with E-state index >= 15 is 0 Å². The van der Waals surface area contributed by atoms with Crippen molar-refractivity contribution in [2.45, 2.75) is 46.0 Å². The highest BCUT2D eigenvalue weighted by atomic mass is 16.5. The summed E-state index contributed by atoms with van der Waals surface area (Å²) < 4.78 is 5.42. The summed E-state index contributed by atoms with van der Waals surface area (Å²) in [7, 11) is 0. The van der Waals surface area contributed by atoms with Gasteiger partial charge < -0.3 is 4.74 Å². The van der Waals surface area contributed by atoms with Crippen LogP contribution in [0, 0.1) is 22.7 Å². The van der Waals surface area contributed by atoms with Crippen molar-refractivity contribution in [3.05, 3.63) is 12.2 Å². The molecule has 3 rings (SSSR count). The lowest BCUT2D eigenvalue weighted by molar-refractivity contribution is -0.157. The molecule has 1 spiro atoms. The van der Waals surface area contributed by atoms with E-state index in [1.165, 1.54) is 12.0 Å². The number of ether oxygens (including phenoxy) is 1. The third-order valence-electron chi connectivity index (χ3n) is 5.61. The molecule has 2 heteroatoms. The van der Waals surface area contributed by atoms with E-state index in [1.807, 2.05) is 0 Å². The van der Waals surface area contributed by atoms with Crippen LogP contribution in [-0.4, -0.2) is 12.6 Å². The van der Waals surface area contributed by atoms with Crippen molar-refractivity contribution in [2.75, 3.05) is 6.61 Å². The van der Waals surface area contributed by atoms with Gasteiger partial charge in [0.15, 0.2) is 0 Å². The Morgan fingerprint density at radius 3 is 2.88 bits per heavy atom. The molecule has 0 aromatic rings. The Morgan fingerprint density at radius 2 is 2.12 bits per heavy atom. The smallest absolute Gasteiger partial charge is 0.313 e. The van der Waals surface area contributed by atoms with E-state index in [2.05, 4.69) is 20.4 Å². The number of hydrogen-bond acceptors (Lipinski definition) is 2. The summed E-state index contributed by atoms with van der Waals surface area (Å²) in [5, 5.41) is 0. The highest BCUT2D eigenvalue weighted by molar-refractivity contribution is 5.81. The second kappa shape index (κ2) is 3.37. The minimum absolute atomic E-state index is 0.0705. The Bertz CT molecular complexity index is 382. The molecule has 0 bridgehead atoms. The maximum atomic E-state index is 12.3. The zero-order chi connectivity index (χ0) is 12.3. The summed E-state index contributed by atoms with van der Waals surface area (Å²) in [6.07, 6.45) is 5.62. The molecule has 0 amide bonds. The van der Waals surface area contributed by atoms with Crippen LogP contribution in [0.4, 0.5) is 0 Å². The van der Waals surface area contributed by atoms with Gasteiger partial charge >= 0.3 is 5.97 Å². The van der Waals surface area contributed by atoms with Crippen molar-refractivity contribution in [3.63, 3.8) is 0 Å². The lowest BCUT2D eigenvalue weighted by atomic mass is 9.48. The first-order valence-corrected chi connectivity index (χ1v) is 6.83. The van der Waals surface area contributed by atoms with E-state index in [0.717, 1.165) is 25.7 Å². The number of esters is 1. The summed E-state index contributed by atoms with van der Waals surface area (Å²) in [6, 6.07) is 0. The first-order valence-electron chi connectivity index (χ1n) is 6.83. The molecular weight excluding hydrogens is 212 g/mol. The van der Waals surface area contributed by atoms with Crippen LogP contribution in [0.5, 0.6) is 0 Å². The Labute approximate surface area is 103 Å². The third kappa shape index (κ3) is 1.30. The SMILES string of the molecule is C=C1CC[C@H]2C(C)(C)CCC[C@@]23C(=O)OCC13. The van der Waals surface area contributed by atoms with Gasteiger partial charge in [-0.15, -0.1) is 0 Å². The molecule has 1 unspecified atom stereocenters. The fourth-order valence-corrected chi connectivity index (χ4v) is 4.76. The molecule has 3 aliphatic rings. The van der Waals surface area contributed by atoms with Gasteiger partial charge in [-0.25, -0.2) is 0 Å². The van der Waals surface area contributed by atoms with Crippen LogP contribution in [0.25, 0.3) is 0 Å². The molecule has 17 heavy (non-hydrogen) atoms. The number of carbonyl (C=O) groups is 1. The van der Waals surface area contributed by atoms with Crippen LogP contribution in [-0.2, 0) is 9.53 Å². The van der Waals surface area contributed by atoms with Crippen molar-refractivity contribution < 1.29 is 9.53 Å². The average molecular weight is 234 g/mol. The minimum Gasteiger partial charge on any atom is -0.465 e. The molecule has 2 nitrogen and oxygen atoms in total. The molecular formula is C15H22O2. The fraction of sp³-hybridized carbons (Fsp3) is 0.800. The predicted octanol–water partition coefficient (Wildman–Crippen LogP) is 3.32. The van der Waals surface area contributed by atoms with E-state index < -0.39 is 0 Å². The van der Waals surface area contributed by atoms with E-state index in [4.69, 9.17) is 4.74 Å². The molecule has 2 saturated carbocycles. The van der Waals surface area contributed by atoms with Crippen molar-refractivity contribution in [1.82, 2.24) is 0 Å². The highest BCUT2D eigenvalue weighted by Crippen LogP contribution is 2.63. The summed E-state index contributed by atoms with van der Waals surface area (Å²) in [5.74, 6) is 0.865. The number of hydrogen-bond donors (Lipinski definition) is 0. The van der Waals surface area contributed by atoms with Crippen LogP contribution in [0.2, 0.25) is 0 Å². The summed E-state index contributed by atoms with van der Waals surface area (Å²) >= 11 is 0. The largest absolute Gasteiger partial charge is 0.465 e. The molecule has 3 fully saturated rings. The molecule has 0 radical (unpaired) electrons. The zero-order valence-electron chi connectivity index (χ0n) is 10.9. The van der Waals surface area contributed by atoms with Crippen LogP contribution in [0.1, 0.15) is 46.0 Å². The van der Waals surface area contributed by atoms with E-state index in [0.29, 0.717) is 18.4 Å². The second-order valence-electron chi connectivity index (χ2n) is 6.78. The molecule has 0 aromatic carbocycles. The van der Waals surface area contributed by atoms with E-state index in [1.54, 1.807) is 0 Å². The molecule has 0 N–H and O–H groups in total. The monoisotopic (exact) mass is 234 g/mol. The standard InChI is InChI=1S/C15H22O2/c1-10-5-6-12-14(2,3)7-4-8-15(12)11(10)9-17-13(15)16/h11-12H,1,4-9H2,2-3H3/t11?,12-,15-/m0/s1. The number of cyclic esters (lactones) is 1. The second-order valence-corrected chi connectivity index (χ2v) is 6.78. The van der Waals surface area contributed by atoms with Gasteiger partial charge in [-0.1, -0.05) is 32.4 Å². The Balaban J connectivity index is 2.09. The van der Waals surface area contributed by atoms with Crippen LogP contribution < -0.4 is 0 Å². The highest BCUT2D eigenvalue weighted by Gasteiger charge is 2.63. The van der Waals surface area contributed by atoms with Crippen molar-refractivity contribution in [2.24, 2.45) is 22.7 Å². The van der Waals surface area contributed by atoms with Crippen LogP contribution in [0.3, 0.4) is 0 Å². The minimum atomic E-state index is -0.211. The molecule has 0 aromatic heterocycles. The van der Waals surface area contributed by atoms with Gasteiger partial charge in [-0.05, 0) is 37.0 Å². The lowest BCUT2D eigenvalue weighted by Crippen LogP contribution is -2.52. The van der Waals surface area contributed by atoms with Crippen LogP contribution in [0.15, 0.2) is 12.2 Å². The first-order chi connectivity index (χ1) is 7.98. The van der Waals surface area contributed by atoms with Crippen molar-refractivity contribution >= 4 is 5.97 Å². The maximum Gasteiger partial charge on any atom is 0.313 e. The Kier molecular flexibility index (Phi) is 2.24. The fourth-order valence-electron chi connectivity index (χ4n) is 4.76.